The predicted octanol–water partition coefficient (Wildman–Crippen LogP) is 1.19. The fourth-order valence-electron chi connectivity index (χ4n) is 3.36. The molecule has 1 unspecified atom stereocenters. The second kappa shape index (κ2) is 7.90. The molecule has 1 aromatic carbocycles. The lowest BCUT2D eigenvalue weighted by molar-refractivity contribution is 0.0617. The molecule has 0 aliphatic carbocycles. The molecular weight excluding hydrogens is 344 g/mol. The molecule has 2 aliphatic rings. The molecule has 0 N–H and O–H groups in total. The Morgan fingerprint density at radius 2 is 1.92 bits per heavy atom. The van der Waals surface area contributed by atoms with E-state index in [9.17, 15) is 8.42 Å². The van der Waals surface area contributed by atoms with E-state index >= 15 is 0 Å². The van der Waals surface area contributed by atoms with Crippen LogP contribution in [-0.4, -0.2) is 77.3 Å². The number of methoxy groups -OCH3 is 2. The van der Waals surface area contributed by atoms with Crippen molar-refractivity contribution >= 4 is 10.0 Å². The highest BCUT2D eigenvalue weighted by molar-refractivity contribution is 7.89. The zero-order valence-corrected chi connectivity index (χ0v) is 15.6. The fraction of sp³-hybridized carbons (Fsp3) is 0.647. The summed E-state index contributed by atoms with van der Waals surface area (Å²) in [6.07, 6.45) is 2.52. The standard InChI is InChI=1S/C17H26N2O5S/c1-22-14-5-6-17(16(12-14)23-2)25(20,21)19-9-7-18(8-10-19)13-15-4-3-11-24-15/h5-6,12,15H,3-4,7-11,13H2,1-2H3. The fourth-order valence-corrected chi connectivity index (χ4v) is 4.91. The van der Waals surface area contributed by atoms with Crippen LogP contribution in [0.5, 0.6) is 11.5 Å². The Morgan fingerprint density at radius 3 is 2.52 bits per heavy atom. The van der Waals surface area contributed by atoms with Crippen LogP contribution in [-0.2, 0) is 14.8 Å². The maximum Gasteiger partial charge on any atom is 0.246 e. The van der Waals surface area contributed by atoms with E-state index < -0.39 is 10.0 Å². The van der Waals surface area contributed by atoms with Crippen molar-refractivity contribution in [2.75, 3.05) is 53.6 Å². The van der Waals surface area contributed by atoms with Crippen LogP contribution >= 0.6 is 0 Å². The maximum absolute atomic E-state index is 13.0. The van der Waals surface area contributed by atoms with Crippen LogP contribution in [0.4, 0.5) is 0 Å². The zero-order chi connectivity index (χ0) is 17.9. The average molecular weight is 370 g/mol. The average Bonchev–Trinajstić information content (AvgIpc) is 3.14. The van der Waals surface area contributed by atoms with Crippen LogP contribution in [0.1, 0.15) is 12.8 Å². The van der Waals surface area contributed by atoms with Gasteiger partial charge in [-0.15, -0.1) is 0 Å². The van der Waals surface area contributed by atoms with Gasteiger partial charge in [-0.25, -0.2) is 8.42 Å². The van der Waals surface area contributed by atoms with Crippen molar-refractivity contribution in [3.8, 4) is 11.5 Å². The Morgan fingerprint density at radius 1 is 1.16 bits per heavy atom. The van der Waals surface area contributed by atoms with Crippen molar-refractivity contribution in [2.45, 2.75) is 23.8 Å². The van der Waals surface area contributed by atoms with Crippen LogP contribution in [0.2, 0.25) is 0 Å². The molecule has 2 aliphatic heterocycles. The maximum atomic E-state index is 13.0. The summed E-state index contributed by atoms with van der Waals surface area (Å²) in [6.45, 7) is 4.12. The van der Waals surface area contributed by atoms with E-state index in [4.69, 9.17) is 14.2 Å². The summed E-state index contributed by atoms with van der Waals surface area (Å²) < 4.78 is 43.6. The second-order valence-electron chi connectivity index (χ2n) is 6.36. The van der Waals surface area contributed by atoms with Crippen molar-refractivity contribution in [1.29, 1.82) is 0 Å². The normalized spacial score (nSPS) is 22.9. The molecule has 1 aromatic rings. The van der Waals surface area contributed by atoms with Gasteiger partial charge < -0.3 is 14.2 Å². The van der Waals surface area contributed by atoms with E-state index in [0.717, 1.165) is 39.1 Å². The smallest absolute Gasteiger partial charge is 0.246 e. The molecule has 0 aromatic heterocycles. The highest BCUT2D eigenvalue weighted by atomic mass is 32.2. The molecule has 3 rings (SSSR count). The Labute approximate surface area is 149 Å². The number of hydrogen-bond acceptors (Lipinski definition) is 6. The van der Waals surface area contributed by atoms with Crippen molar-refractivity contribution in [3.05, 3.63) is 18.2 Å². The summed E-state index contributed by atoms with van der Waals surface area (Å²) in [5.41, 5.74) is 0. The molecule has 0 radical (unpaired) electrons. The third kappa shape index (κ3) is 4.08. The van der Waals surface area contributed by atoms with E-state index in [1.165, 1.54) is 18.5 Å². The van der Waals surface area contributed by atoms with Gasteiger partial charge in [-0.2, -0.15) is 4.31 Å². The third-order valence-electron chi connectivity index (χ3n) is 4.81. The monoisotopic (exact) mass is 370 g/mol. The van der Waals surface area contributed by atoms with Crippen molar-refractivity contribution < 1.29 is 22.6 Å². The molecule has 2 saturated heterocycles. The Hall–Kier alpha value is -1.35. The Kier molecular flexibility index (Phi) is 5.83. The Bertz CT molecular complexity index is 680. The third-order valence-corrected chi connectivity index (χ3v) is 6.74. The van der Waals surface area contributed by atoms with Crippen LogP contribution in [0.15, 0.2) is 23.1 Å². The van der Waals surface area contributed by atoms with Gasteiger partial charge in [0, 0.05) is 45.4 Å². The van der Waals surface area contributed by atoms with Gasteiger partial charge in [0.15, 0.2) is 0 Å². The van der Waals surface area contributed by atoms with Gasteiger partial charge in [0.2, 0.25) is 10.0 Å². The van der Waals surface area contributed by atoms with Gasteiger partial charge in [0.1, 0.15) is 16.4 Å². The molecule has 0 amide bonds. The van der Waals surface area contributed by atoms with E-state index in [2.05, 4.69) is 4.90 Å². The SMILES string of the molecule is COc1ccc(S(=O)(=O)N2CCN(CC3CCCO3)CC2)c(OC)c1. The first kappa shape index (κ1) is 18.4. The van der Waals surface area contributed by atoms with Gasteiger partial charge in [-0.1, -0.05) is 0 Å². The van der Waals surface area contributed by atoms with Crippen LogP contribution < -0.4 is 9.47 Å². The minimum absolute atomic E-state index is 0.184. The lowest BCUT2D eigenvalue weighted by Gasteiger charge is -2.35. The molecule has 0 bridgehead atoms. The first-order valence-electron chi connectivity index (χ1n) is 8.60. The van der Waals surface area contributed by atoms with Crippen LogP contribution in [0, 0.1) is 0 Å². The summed E-state index contributed by atoms with van der Waals surface area (Å²) in [6, 6.07) is 4.79. The number of hydrogen-bond donors (Lipinski definition) is 0. The first-order valence-corrected chi connectivity index (χ1v) is 10.0. The summed E-state index contributed by atoms with van der Waals surface area (Å²) in [5, 5.41) is 0. The molecule has 0 saturated carbocycles. The molecular formula is C17H26N2O5S. The zero-order valence-electron chi connectivity index (χ0n) is 14.8. The molecule has 2 heterocycles. The number of nitrogens with zero attached hydrogens (tertiary/aromatic N) is 2. The lowest BCUT2D eigenvalue weighted by Crippen LogP contribution is -2.50. The van der Waals surface area contributed by atoms with Gasteiger partial charge in [-0.05, 0) is 25.0 Å². The molecule has 0 spiro atoms. The molecule has 2 fully saturated rings. The van der Waals surface area contributed by atoms with E-state index in [1.54, 1.807) is 18.2 Å². The summed E-state index contributed by atoms with van der Waals surface area (Å²) in [5.74, 6) is 0.873. The predicted molar refractivity (Wildman–Crippen MR) is 93.7 cm³/mol. The van der Waals surface area contributed by atoms with Gasteiger partial charge >= 0.3 is 0 Å². The highest BCUT2D eigenvalue weighted by Gasteiger charge is 2.32. The number of rotatable bonds is 6. The minimum Gasteiger partial charge on any atom is -0.497 e. The molecule has 8 heteroatoms. The first-order chi connectivity index (χ1) is 12.0. The quantitative estimate of drug-likeness (QED) is 0.749. The van der Waals surface area contributed by atoms with Crippen molar-refractivity contribution in [2.24, 2.45) is 0 Å². The molecule has 25 heavy (non-hydrogen) atoms. The highest BCUT2D eigenvalue weighted by Crippen LogP contribution is 2.31. The van der Waals surface area contributed by atoms with Gasteiger partial charge in [-0.3, -0.25) is 4.90 Å². The number of benzene rings is 1. The van der Waals surface area contributed by atoms with Crippen molar-refractivity contribution in [1.82, 2.24) is 9.21 Å². The van der Waals surface area contributed by atoms with Crippen LogP contribution in [0.3, 0.4) is 0 Å². The minimum atomic E-state index is -3.59. The number of ether oxygens (including phenoxy) is 3. The summed E-state index contributed by atoms with van der Waals surface area (Å²) in [7, 11) is -0.582. The van der Waals surface area contributed by atoms with E-state index in [0.29, 0.717) is 30.7 Å². The molecule has 1 atom stereocenters. The van der Waals surface area contributed by atoms with Crippen LogP contribution in [0.25, 0.3) is 0 Å². The largest absolute Gasteiger partial charge is 0.497 e. The lowest BCUT2D eigenvalue weighted by atomic mass is 10.2. The van der Waals surface area contributed by atoms with Crippen molar-refractivity contribution in [3.63, 3.8) is 0 Å². The topological polar surface area (TPSA) is 68.3 Å². The summed E-state index contributed by atoms with van der Waals surface area (Å²) in [4.78, 5) is 2.47. The van der Waals surface area contributed by atoms with Gasteiger partial charge in [0.25, 0.3) is 0 Å². The Balaban J connectivity index is 1.67. The van der Waals surface area contributed by atoms with Gasteiger partial charge in [0.05, 0.1) is 20.3 Å². The molecule has 7 nitrogen and oxygen atoms in total. The summed E-state index contributed by atoms with van der Waals surface area (Å²) >= 11 is 0. The number of piperazine rings is 1. The number of sulfonamides is 1. The van der Waals surface area contributed by atoms with E-state index in [1.807, 2.05) is 0 Å². The molecule has 140 valence electrons. The van der Waals surface area contributed by atoms with E-state index in [-0.39, 0.29) is 4.90 Å². The second-order valence-corrected chi connectivity index (χ2v) is 8.26.